The van der Waals surface area contributed by atoms with Crippen molar-refractivity contribution in [1.82, 2.24) is 19.7 Å². The number of methoxy groups -OCH3 is 2. The number of pyridine rings is 1. The third kappa shape index (κ3) is 3.27. The maximum atomic E-state index is 13.3. The summed E-state index contributed by atoms with van der Waals surface area (Å²) < 4.78 is 12.7. The van der Waals surface area contributed by atoms with E-state index >= 15 is 0 Å². The van der Waals surface area contributed by atoms with E-state index in [4.69, 9.17) is 9.47 Å². The summed E-state index contributed by atoms with van der Waals surface area (Å²) in [5.74, 6) is 1.35. The molecule has 2 N–H and O–H groups in total. The second-order valence-corrected chi connectivity index (χ2v) is 6.37. The second-order valence-electron chi connectivity index (χ2n) is 6.37. The number of ether oxygens (including phenoxy) is 2. The zero-order valence-corrected chi connectivity index (χ0v) is 16.2. The van der Waals surface area contributed by atoms with E-state index in [-0.39, 0.29) is 5.91 Å². The molecular formula is C20H20N6O3. The Kier molecular flexibility index (Phi) is 4.86. The largest absolute Gasteiger partial charge is 0.493 e. The lowest BCUT2D eigenvalue weighted by molar-refractivity contribution is -0.113. The molecule has 9 nitrogen and oxygen atoms in total. The molecule has 3 heterocycles. The van der Waals surface area contributed by atoms with Gasteiger partial charge in [-0.3, -0.25) is 9.78 Å². The molecule has 3 aromatic rings. The van der Waals surface area contributed by atoms with Gasteiger partial charge in [0, 0.05) is 17.5 Å². The molecule has 0 saturated carbocycles. The predicted octanol–water partition coefficient (Wildman–Crippen LogP) is 2.62. The van der Waals surface area contributed by atoms with E-state index in [1.165, 1.54) is 6.33 Å². The van der Waals surface area contributed by atoms with Crippen LogP contribution in [0.2, 0.25) is 0 Å². The average Bonchev–Trinajstić information content (AvgIpc) is 3.20. The molecule has 1 aliphatic heterocycles. The maximum Gasteiger partial charge on any atom is 0.255 e. The van der Waals surface area contributed by atoms with E-state index in [1.54, 1.807) is 49.5 Å². The molecule has 1 atom stereocenters. The molecule has 1 aliphatic rings. The normalized spacial score (nSPS) is 15.3. The number of benzene rings is 1. The Morgan fingerprint density at radius 2 is 2.07 bits per heavy atom. The molecule has 0 bridgehead atoms. The number of fused-ring (bicyclic) bond motifs is 1. The van der Waals surface area contributed by atoms with Gasteiger partial charge >= 0.3 is 0 Å². The molecule has 29 heavy (non-hydrogen) atoms. The van der Waals surface area contributed by atoms with Crippen LogP contribution in [0.3, 0.4) is 0 Å². The van der Waals surface area contributed by atoms with E-state index in [1.807, 2.05) is 19.1 Å². The molecule has 1 amide bonds. The van der Waals surface area contributed by atoms with Crippen LogP contribution >= 0.6 is 0 Å². The van der Waals surface area contributed by atoms with Gasteiger partial charge in [0.2, 0.25) is 5.95 Å². The predicted molar refractivity (Wildman–Crippen MR) is 107 cm³/mol. The molecule has 0 unspecified atom stereocenters. The van der Waals surface area contributed by atoms with Gasteiger partial charge in [0.05, 0.1) is 31.7 Å². The summed E-state index contributed by atoms with van der Waals surface area (Å²) in [6.07, 6.45) is 4.68. The number of allylic oxidation sites excluding steroid dienone is 1. The zero-order chi connectivity index (χ0) is 20.4. The number of nitrogens with zero attached hydrogens (tertiary/aromatic N) is 4. The summed E-state index contributed by atoms with van der Waals surface area (Å²) in [5.41, 5.74) is 2.48. The van der Waals surface area contributed by atoms with E-state index in [0.29, 0.717) is 34.4 Å². The van der Waals surface area contributed by atoms with Crippen LogP contribution in [-0.4, -0.2) is 39.9 Å². The molecule has 0 spiro atoms. The first kappa shape index (κ1) is 18.5. The van der Waals surface area contributed by atoms with Gasteiger partial charge in [-0.05, 0) is 25.1 Å². The van der Waals surface area contributed by atoms with Crippen LogP contribution in [0.15, 0.2) is 60.3 Å². The third-order valence-electron chi connectivity index (χ3n) is 4.69. The minimum absolute atomic E-state index is 0.279. The van der Waals surface area contributed by atoms with Crippen molar-refractivity contribution in [1.29, 1.82) is 0 Å². The van der Waals surface area contributed by atoms with Gasteiger partial charge in [-0.15, -0.1) is 0 Å². The van der Waals surface area contributed by atoms with E-state index < -0.39 is 6.04 Å². The highest BCUT2D eigenvalue weighted by molar-refractivity contribution is 6.06. The lowest BCUT2D eigenvalue weighted by Gasteiger charge is -2.29. The van der Waals surface area contributed by atoms with E-state index in [2.05, 4.69) is 25.7 Å². The molecule has 0 radical (unpaired) electrons. The average molecular weight is 392 g/mol. The van der Waals surface area contributed by atoms with Crippen LogP contribution < -0.4 is 20.1 Å². The van der Waals surface area contributed by atoms with Crippen LogP contribution in [0.5, 0.6) is 11.5 Å². The standard InChI is InChI=1S/C20H20N6O3/c1-12-16(19(27)25-13-6-5-9-21-10-13)17(26-20(24-12)22-11-23-26)14-7-4-8-15(28-2)18(14)29-3/h4-11,17H,1-3H3,(H,25,27)(H,22,23,24)/t17-/m1/s1. The minimum Gasteiger partial charge on any atom is -0.493 e. The Morgan fingerprint density at radius 3 is 2.79 bits per heavy atom. The highest BCUT2D eigenvalue weighted by atomic mass is 16.5. The smallest absolute Gasteiger partial charge is 0.255 e. The summed E-state index contributed by atoms with van der Waals surface area (Å²) >= 11 is 0. The van der Waals surface area contributed by atoms with Crippen molar-refractivity contribution in [3.05, 3.63) is 65.9 Å². The molecule has 9 heteroatoms. The number of carbonyl (C=O) groups is 1. The van der Waals surface area contributed by atoms with Crippen molar-refractivity contribution in [2.24, 2.45) is 0 Å². The monoisotopic (exact) mass is 392 g/mol. The Morgan fingerprint density at radius 1 is 1.21 bits per heavy atom. The molecule has 1 aromatic carbocycles. The number of hydrogen-bond acceptors (Lipinski definition) is 7. The highest BCUT2D eigenvalue weighted by Gasteiger charge is 2.35. The summed E-state index contributed by atoms with van der Waals surface area (Å²) in [6.45, 7) is 1.83. The topological polar surface area (TPSA) is 103 Å². The van der Waals surface area contributed by atoms with Crippen LogP contribution in [0.25, 0.3) is 0 Å². The number of nitrogens with one attached hydrogen (secondary N) is 2. The van der Waals surface area contributed by atoms with E-state index in [9.17, 15) is 4.79 Å². The van der Waals surface area contributed by atoms with Crippen molar-refractivity contribution in [2.45, 2.75) is 13.0 Å². The molecule has 0 fully saturated rings. The molecule has 148 valence electrons. The van der Waals surface area contributed by atoms with Crippen LogP contribution in [0.1, 0.15) is 18.5 Å². The van der Waals surface area contributed by atoms with Crippen molar-refractivity contribution in [2.75, 3.05) is 24.9 Å². The lowest BCUT2D eigenvalue weighted by Crippen LogP contribution is -2.31. The summed E-state index contributed by atoms with van der Waals surface area (Å²) in [6, 6.07) is 8.51. The SMILES string of the molecule is COc1cccc([C@@H]2C(C(=O)Nc3cccnc3)=C(C)Nc3ncnn32)c1OC. The number of anilines is 2. The van der Waals surface area contributed by atoms with Crippen molar-refractivity contribution in [3.63, 3.8) is 0 Å². The fourth-order valence-electron chi connectivity index (χ4n) is 3.44. The molecule has 0 aliphatic carbocycles. The van der Waals surface area contributed by atoms with Crippen LogP contribution in [0, 0.1) is 0 Å². The zero-order valence-electron chi connectivity index (χ0n) is 16.2. The first-order valence-corrected chi connectivity index (χ1v) is 8.93. The van der Waals surface area contributed by atoms with Gasteiger partial charge < -0.3 is 20.1 Å². The van der Waals surface area contributed by atoms with Gasteiger partial charge in [0.1, 0.15) is 12.4 Å². The van der Waals surface area contributed by atoms with Gasteiger partial charge in [0.15, 0.2) is 11.5 Å². The Hall–Kier alpha value is -3.88. The van der Waals surface area contributed by atoms with Gasteiger partial charge in [0.25, 0.3) is 5.91 Å². The Bertz CT molecular complexity index is 1080. The van der Waals surface area contributed by atoms with Crippen molar-refractivity contribution >= 4 is 17.5 Å². The summed E-state index contributed by atoms with van der Waals surface area (Å²) in [5, 5.41) is 10.4. The van der Waals surface area contributed by atoms with E-state index in [0.717, 1.165) is 5.56 Å². The van der Waals surface area contributed by atoms with Crippen molar-refractivity contribution in [3.8, 4) is 11.5 Å². The highest BCUT2D eigenvalue weighted by Crippen LogP contribution is 2.42. The first-order valence-electron chi connectivity index (χ1n) is 8.93. The van der Waals surface area contributed by atoms with Gasteiger partial charge in [-0.1, -0.05) is 12.1 Å². The molecule has 0 saturated heterocycles. The number of aromatic nitrogens is 4. The third-order valence-corrected chi connectivity index (χ3v) is 4.69. The quantitative estimate of drug-likeness (QED) is 0.688. The number of carbonyl (C=O) groups excluding carboxylic acids is 1. The van der Waals surface area contributed by atoms with Gasteiger partial charge in [-0.25, -0.2) is 4.68 Å². The minimum atomic E-state index is -0.560. The number of hydrogen-bond donors (Lipinski definition) is 2. The fourth-order valence-corrected chi connectivity index (χ4v) is 3.44. The Balaban J connectivity index is 1.84. The number of para-hydroxylation sites is 1. The molecule has 4 rings (SSSR count). The first-order chi connectivity index (χ1) is 14.1. The summed E-state index contributed by atoms with van der Waals surface area (Å²) in [7, 11) is 3.14. The van der Waals surface area contributed by atoms with Gasteiger partial charge in [-0.2, -0.15) is 10.1 Å². The number of rotatable bonds is 5. The van der Waals surface area contributed by atoms with Crippen molar-refractivity contribution < 1.29 is 14.3 Å². The number of amides is 1. The second kappa shape index (κ2) is 7.63. The maximum absolute atomic E-state index is 13.3. The fraction of sp³-hybridized carbons (Fsp3) is 0.200. The Labute approximate surface area is 167 Å². The molecular weight excluding hydrogens is 372 g/mol. The summed E-state index contributed by atoms with van der Waals surface area (Å²) in [4.78, 5) is 21.6. The lowest BCUT2D eigenvalue weighted by atomic mass is 9.94. The van der Waals surface area contributed by atoms with Crippen LogP contribution in [-0.2, 0) is 4.79 Å². The molecule has 2 aromatic heterocycles. The van der Waals surface area contributed by atoms with Crippen LogP contribution in [0.4, 0.5) is 11.6 Å².